The Bertz CT molecular complexity index is 1750. The van der Waals surface area contributed by atoms with Crippen LogP contribution in [0.3, 0.4) is 0 Å². The Kier molecular flexibility index (Phi) is 5.85. The molecule has 0 bridgehead atoms. The van der Waals surface area contributed by atoms with E-state index in [2.05, 4.69) is 10.3 Å². The van der Waals surface area contributed by atoms with Gasteiger partial charge in [-0.2, -0.15) is 0 Å². The second-order valence-electron chi connectivity index (χ2n) is 10.8. The van der Waals surface area contributed by atoms with Crippen LogP contribution >= 0.6 is 11.6 Å². The van der Waals surface area contributed by atoms with Gasteiger partial charge in [-0.1, -0.05) is 41.9 Å². The molecule has 4 aromatic rings. The van der Waals surface area contributed by atoms with Crippen LogP contribution in [-0.2, 0) is 20.8 Å². The van der Waals surface area contributed by atoms with E-state index in [4.69, 9.17) is 21.1 Å². The van der Waals surface area contributed by atoms with E-state index in [1.807, 2.05) is 31.2 Å². The lowest BCUT2D eigenvalue weighted by Crippen LogP contribution is -2.57. The molecule has 3 aliphatic rings. The minimum absolute atomic E-state index is 0.0178. The topological polar surface area (TPSA) is 121 Å². The fourth-order valence-corrected chi connectivity index (χ4v) is 6.71. The number of hydrogen-bond donors (Lipinski definition) is 3. The summed E-state index contributed by atoms with van der Waals surface area (Å²) in [6.07, 6.45) is 1.75. The highest BCUT2D eigenvalue weighted by atomic mass is 35.5. The summed E-state index contributed by atoms with van der Waals surface area (Å²) in [4.78, 5) is 46.0. The number of halogens is 1. The van der Waals surface area contributed by atoms with Crippen molar-refractivity contribution in [3.63, 3.8) is 0 Å². The van der Waals surface area contributed by atoms with E-state index >= 15 is 0 Å². The van der Waals surface area contributed by atoms with Crippen LogP contribution in [-0.4, -0.2) is 46.6 Å². The molecule has 7 rings (SSSR count). The van der Waals surface area contributed by atoms with Crippen molar-refractivity contribution in [3.8, 4) is 11.5 Å². The fraction of sp³-hybridized carbons (Fsp3) is 0.258. The first-order valence-electron chi connectivity index (χ1n) is 13.4. The lowest BCUT2D eigenvalue weighted by atomic mass is 9.76. The van der Waals surface area contributed by atoms with Gasteiger partial charge in [0.1, 0.15) is 18.8 Å². The van der Waals surface area contributed by atoms with Gasteiger partial charge in [0.15, 0.2) is 11.5 Å². The first-order valence-corrected chi connectivity index (χ1v) is 13.8. The molecule has 3 aromatic carbocycles. The Labute approximate surface area is 240 Å². The maximum atomic E-state index is 14.2. The van der Waals surface area contributed by atoms with Gasteiger partial charge in [0.2, 0.25) is 11.8 Å². The van der Waals surface area contributed by atoms with Crippen LogP contribution in [0.2, 0.25) is 5.02 Å². The lowest BCUT2D eigenvalue weighted by Gasteiger charge is -2.31. The molecule has 9 nitrogen and oxygen atoms in total. The quantitative estimate of drug-likeness (QED) is 0.303. The first-order chi connectivity index (χ1) is 19.8. The number of rotatable bonds is 5. The number of carboxylic acid groups (broad SMARTS) is 1. The molecule has 4 unspecified atom stereocenters. The van der Waals surface area contributed by atoms with Crippen LogP contribution in [0.1, 0.15) is 22.7 Å². The summed E-state index contributed by atoms with van der Waals surface area (Å²) >= 11 is 6.37. The van der Waals surface area contributed by atoms with Gasteiger partial charge in [0.25, 0.3) is 0 Å². The Morgan fingerprint density at radius 3 is 2.61 bits per heavy atom. The van der Waals surface area contributed by atoms with Gasteiger partial charge < -0.3 is 19.6 Å². The van der Waals surface area contributed by atoms with Crippen LogP contribution in [0.5, 0.6) is 11.5 Å². The fourth-order valence-electron chi connectivity index (χ4n) is 6.53. The van der Waals surface area contributed by atoms with Crippen molar-refractivity contribution in [1.82, 2.24) is 10.3 Å². The number of ether oxygens (including phenoxy) is 2. The Morgan fingerprint density at radius 1 is 1.05 bits per heavy atom. The molecule has 41 heavy (non-hydrogen) atoms. The normalized spacial score (nSPS) is 25.1. The molecule has 2 saturated heterocycles. The van der Waals surface area contributed by atoms with Crippen molar-refractivity contribution in [2.75, 3.05) is 18.1 Å². The zero-order valence-corrected chi connectivity index (χ0v) is 22.8. The molecule has 3 aliphatic heterocycles. The molecule has 208 valence electrons. The summed E-state index contributed by atoms with van der Waals surface area (Å²) in [6.45, 7) is 2.62. The Hall–Kier alpha value is -4.34. The number of nitrogens with one attached hydrogen (secondary N) is 2. The number of carbonyl (C=O) groups excluding carboxylic acids is 2. The number of aromatic nitrogens is 1. The summed E-state index contributed by atoms with van der Waals surface area (Å²) in [5.41, 5.74) is 1.56. The van der Waals surface area contributed by atoms with Crippen molar-refractivity contribution in [3.05, 3.63) is 88.6 Å². The number of H-pyrrole nitrogens is 1. The lowest BCUT2D eigenvalue weighted by molar-refractivity contribution is -0.148. The highest BCUT2D eigenvalue weighted by Crippen LogP contribution is 2.52. The SMILES string of the molecule is Cc1ccc(N2C(=O)C3C(c4ccc5c(c4)OCCO5)NC(Cc4c[nH]c5ccccc45)(C(=O)O)C3C2=O)cc1Cl. The van der Waals surface area contributed by atoms with Gasteiger partial charge in [-0.25, -0.2) is 4.90 Å². The van der Waals surface area contributed by atoms with E-state index in [-0.39, 0.29) is 6.42 Å². The van der Waals surface area contributed by atoms with Crippen molar-refractivity contribution >= 4 is 46.0 Å². The van der Waals surface area contributed by atoms with E-state index < -0.39 is 41.2 Å². The number of carbonyl (C=O) groups is 3. The zero-order chi connectivity index (χ0) is 28.5. The van der Waals surface area contributed by atoms with Gasteiger partial charge in [-0.15, -0.1) is 0 Å². The van der Waals surface area contributed by atoms with E-state index in [0.29, 0.717) is 41.0 Å². The van der Waals surface area contributed by atoms with E-state index in [1.54, 1.807) is 42.6 Å². The van der Waals surface area contributed by atoms with Crippen LogP contribution in [0.15, 0.2) is 66.9 Å². The van der Waals surface area contributed by atoms with Crippen molar-refractivity contribution in [2.24, 2.45) is 11.8 Å². The van der Waals surface area contributed by atoms with Crippen molar-refractivity contribution < 1.29 is 29.0 Å². The molecule has 0 spiro atoms. The maximum absolute atomic E-state index is 14.2. The van der Waals surface area contributed by atoms with Crippen molar-refractivity contribution in [1.29, 1.82) is 0 Å². The zero-order valence-electron chi connectivity index (χ0n) is 22.0. The molecular weight excluding hydrogens is 546 g/mol. The van der Waals surface area contributed by atoms with E-state index in [0.717, 1.165) is 26.9 Å². The molecule has 3 N–H and O–H groups in total. The number of fused-ring (bicyclic) bond motifs is 3. The number of para-hydroxylation sites is 1. The summed E-state index contributed by atoms with van der Waals surface area (Å²) in [5, 5.41) is 15.4. The summed E-state index contributed by atoms with van der Waals surface area (Å²) in [6, 6.07) is 17.1. The second-order valence-corrected chi connectivity index (χ2v) is 11.2. The minimum Gasteiger partial charge on any atom is -0.486 e. The van der Waals surface area contributed by atoms with Gasteiger partial charge in [-0.05, 0) is 53.9 Å². The highest BCUT2D eigenvalue weighted by molar-refractivity contribution is 6.32. The van der Waals surface area contributed by atoms with Crippen LogP contribution in [0.4, 0.5) is 5.69 Å². The van der Waals surface area contributed by atoms with Crippen molar-refractivity contribution in [2.45, 2.75) is 24.9 Å². The number of aryl methyl sites for hydroxylation is 1. The smallest absolute Gasteiger partial charge is 0.325 e. The van der Waals surface area contributed by atoms with Gasteiger partial charge in [0.05, 0.1) is 17.5 Å². The number of carboxylic acids is 1. The number of anilines is 1. The third kappa shape index (κ3) is 3.83. The van der Waals surface area contributed by atoms with Crippen LogP contribution < -0.4 is 19.7 Å². The number of imide groups is 1. The first kappa shape index (κ1) is 25.6. The monoisotopic (exact) mass is 571 g/mol. The summed E-state index contributed by atoms with van der Waals surface area (Å²) in [5.74, 6) is -3.34. The molecule has 2 fully saturated rings. The van der Waals surface area contributed by atoms with E-state index in [1.165, 1.54) is 0 Å². The van der Waals surface area contributed by atoms with Gasteiger partial charge in [-0.3, -0.25) is 19.7 Å². The third-order valence-corrected chi connectivity index (χ3v) is 8.93. The molecule has 0 radical (unpaired) electrons. The number of amides is 2. The minimum atomic E-state index is -1.77. The van der Waals surface area contributed by atoms with Gasteiger partial charge in [0, 0.05) is 34.6 Å². The summed E-state index contributed by atoms with van der Waals surface area (Å²) < 4.78 is 11.4. The number of hydrogen-bond acceptors (Lipinski definition) is 6. The molecule has 0 aliphatic carbocycles. The van der Waals surface area contributed by atoms with Crippen LogP contribution in [0.25, 0.3) is 10.9 Å². The van der Waals surface area contributed by atoms with Gasteiger partial charge >= 0.3 is 5.97 Å². The third-order valence-electron chi connectivity index (χ3n) is 8.52. The maximum Gasteiger partial charge on any atom is 0.325 e. The average Bonchev–Trinajstić information content (AvgIpc) is 3.62. The highest BCUT2D eigenvalue weighted by Gasteiger charge is 2.68. The van der Waals surface area contributed by atoms with E-state index in [9.17, 15) is 19.5 Å². The number of aromatic amines is 1. The largest absolute Gasteiger partial charge is 0.486 e. The number of aliphatic carboxylic acids is 1. The standard InChI is InChI=1S/C31H26ClN3O6/c1-16-6-8-19(13-21(16)32)35-28(36)25-26(29(35)37)31(30(38)39,14-18-15-33-22-5-3-2-4-20(18)22)34-27(25)17-7-9-23-24(12-17)41-11-10-40-23/h2-9,12-13,15,25-27,33-34H,10-11,14H2,1H3,(H,38,39). The number of nitrogens with zero attached hydrogens (tertiary/aromatic N) is 1. The second kappa shape index (κ2) is 9.36. The predicted molar refractivity (Wildman–Crippen MR) is 151 cm³/mol. The number of benzene rings is 3. The predicted octanol–water partition coefficient (Wildman–Crippen LogP) is 4.42. The molecule has 1 aromatic heterocycles. The van der Waals surface area contributed by atoms with Crippen LogP contribution in [0, 0.1) is 18.8 Å². The molecule has 4 atom stereocenters. The molecular formula is C31H26ClN3O6. The molecule has 2 amide bonds. The molecule has 4 heterocycles. The molecule has 0 saturated carbocycles. The Balaban J connectivity index is 1.38. The average molecular weight is 572 g/mol. The molecule has 10 heteroatoms. The Morgan fingerprint density at radius 2 is 1.83 bits per heavy atom. The summed E-state index contributed by atoms with van der Waals surface area (Å²) in [7, 11) is 0.